The molecular formula is C26H36N2O7. The maximum atomic E-state index is 13.6. The Morgan fingerprint density at radius 1 is 1.11 bits per heavy atom. The number of Topliss-reactive ketones (excluding diaryl/α,β-unsaturated/α-hetero) is 1. The highest BCUT2D eigenvalue weighted by molar-refractivity contribution is 6.04. The Hall–Kier alpha value is -3.04. The van der Waals surface area contributed by atoms with Gasteiger partial charge in [-0.3, -0.25) is 4.79 Å². The number of hydrogen-bond donors (Lipinski definition) is 2. The van der Waals surface area contributed by atoms with Crippen molar-refractivity contribution >= 4 is 11.8 Å². The van der Waals surface area contributed by atoms with E-state index >= 15 is 0 Å². The number of carbonyl (C=O) groups excluding carboxylic acids is 2. The molecule has 3 N–H and O–H groups in total. The number of hydrogen-bond acceptors (Lipinski definition) is 9. The summed E-state index contributed by atoms with van der Waals surface area (Å²) in [5, 5.41) is 3.35. The first-order valence-electron chi connectivity index (χ1n) is 11.7. The molecule has 1 atom stereocenters. The SMILES string of the molecule is CCOC(=O)C1=C(COCCN)NC2=C(C(=O)CC(C)(C)C2)C1c1c(OC)cc(OC)cc1OC. The quantitative estimate of drug-likeness (QED) is 0.378. The van der Waals surface area contributed by atoms with Gasteiger partial charge in [0.1, 0.15) is 17.2 Å². The number of carbonyl (C=O) groups is 2. The van der Waals surface area contributed by atoms with E-state index in [1.54, 1.807) is 26.2 Å². The fraction of sp³-hybridized carbons (Fsp3) is 0.538. The van der Waals surface area contributed by atoms with Crippen molar-refractivity contribution in [3.8, 4) is 17.2 Å². The molecule has 0 bridgehead atoms. The molecule has 35 heavy (non-hydrogen) atoms. The largest absolute Gasteiger partial charge is 0.496 e. The van der Waals surface area contributed by atoms with Crippen LogP contribution in [0.25, 0.3) is 0 Å². The number of benzene rings is 1. The van der Waals surface area contributed by atoms with Gasteiger partial charge in [0, 0.05) is 41.9 Å². The summed E-state index contributed by atoms with van der Waals surface area (Å²) in [7, 11) is 4.60. The number of methoxy groups -OCH3 is 3. The average molecular weight is 489 g/mol. The first-order valence-corrected chi connectivity index (χ1v) is 11.7. The number of allylic oxidation sites excluding steroid dienone is 2. The van der Waals surface area contributed by atoms with Gasteiger partial charge >= 0.3 is 5.97 Å². The minimum absolute atomic E-state index is 0.0441. The van der Waals surface area contributed by atoms with E-state index in [0.29, 0.717) is 60.1 Å². The van der Waals surface area contributed by atoms with Crippen LogP contribution >= 0.6 is 0 Å². The van der Waals surface area contributed by atoms with Crippen LogP contribution in [0.5, 0.6) is 17.2 Å². The Kier molecular flexibility index (Phi) is 8.45. The highest BCUT2D eigenvalue weighted by Gasteiger charge is 2.45. The van der Waals surface area contributed by atoms with Crippen LogP contribution in [0.15, 0.2) is 34.7 Å². The molecular weight excluding hydrogens is 452 g/mol. The topological polar surface area (TPSA) is 118 Å². The zero-order valence-corrected chi connectivity index (χ0v) is 21.4. The second kappa shape index (κ2) is 11.1. The number of ether oxygens (including phenoxy) is 5. The van der Waals surface area contributed by atoms with E-state index in [1.807, 2.05) is 0 Å². The van der Waals surface area contributed by atoms with Crippen molar-refractivity contribution in [3.63, 3.8) is 0 Å². The third kappa shape index (κ3) is 5.46. The molecule has 0 spiro atoms. The molecule has 0 saturated carbocycles. The molecule has 1 heterocycles. The summed E-state index contributed by atoms with van der Waals surface area (Å²) in [6.45, 7) is 6.78. The lowest BCUT2D eigenvalue weighted by Crippen LogP contribution is -2.40. The standard InChI is InChI=1S/C26H36N2O7/c1-7-35-25(30)22-17(14-34-9-8-27)28-16-12-26(2,3)13-18(29)21(16)24(22)23-19(32-5)10-15(31-4)11-20(23)33-6/h10-11,24,28H,7-9,12-14,27H2,1-6H3. The van der Waals surface area contributed by atoms with Gasteiger partial charge in [-0.2, -0.15) is 0 Å². The van der Waals surface area contributed by atoms with Gasteiger partial charge in [0.2, 0.25) is 0 Å². The molecule has 9 nitrogen and oxygen atoms in total. The number of ketones is 1. The van der Waals surface area contributed by atoms with Gasteiger partial charge in [0.25, 0.3) is 0 Å². The van der Waals surface area contributed by atoms with E-state index in [-0.39, 0.29) is 30.0 Å². The molecule has 1 aromatic carbocycles. The van der Waals surface area contributed by atoms with Crippen molar-refractivity contribution in [1.29, 1.82) is 0 Å². The normalized spacial score (nSPS) is 19.2. The van der Waals surface area contributed by atoms with Crippen LogP contribution in [0.1, 0.15) is 45.1 Å². The summed E-state index contributed by atoms with van der Waals surface area (Å²) >= 11 is 0. The minimum Gasteiger partial charge on any atom is -0.496 e. The Morgan fingerprint density at radius 3 is 2.31 bits per heavy atom. The Labute approximate surface area is 206 Å². The first kappa shape index (κ1) is 26.6. The van der Waals surface area contributed by atoms with Crippen molar-refractivity contribution in [3.05, 3.63) is 40.2 Å². The first-order chi connectivity index (χ1) is 16.7. The molecule has 3 rings (SSSR count). The van der Waals surface area contributed by atoms with Gasteiger partial charge in [0.05, 0.1) is 58.3 Å². The second-order valence-corrected chi connectivity index (χ2v) is 9.29. The number of rotatable bonds is 10. The van der Waals surface area contributed by atoms with E-state index in [9.17, 15) is 9.59 Å². The molecule has 192 valence electrons. The third-order valence-electron chi connectivity index (χ3n) is 6.17. The number of dihydropyridines is 1. The Bertz CT molecular complexity index is 1020. The summed E-state index contributed by atoms with van der Waals surface area (Å²) in [5.74, 6) is 0.0251. The number of nitrogens with one attached hydrogen (secondary N) is 1. The molecule has 1 aliphatic carbocycles. The fourth-order valence-electron chi connectivity index (χ4n) is 4.78. The van der Waals surface area contributed by atoms with Gasteiger partial charge in [-0.25, -0.2) is 4.79 Å². The zero-order valence-electron chi connectivity index (χ0n) is 21.4. The van der Waals surface area contributed by atoms with Crippen LogP contribution in [0, 0.1) is 5.41 Å². The maximum Gasteiger partial charge on any atom is 0.336 e. The van der Waals surface area contributed by atoms with E-state index < -0.39 is 11.9 Å². The van der Waals surface area contributed by atoms with E-state index in [4.69, 9.17) is 29.4 Å². The summed E-state index contributed by atoms with van der Waals surface area (Å²) in [5.41, 5.74) is 8.02. The molecule has 0 amide bonds. The van der Waals surface area contributed by atoms with Gasteiger partial charge in [-0.15, -0.1) is 0 Å². The predicted molar refractivity (Wildman–Crippen MR) is 131 cm³/mol. The maximum absolute atomic E-state index is 13.6. The third-order valence-corrected chi connectivity index (χ3v) is 6.17. The molecule has 0 radical (unpaired) electrons. The second-order valence-electron chi connectivity index (χ2n) is 9.29. The predicted octanol–water partition coefficient (Wildman–Crippen LogP) is 2.83. The van der Waals surface area contributed by atoms with E-state index in [0.717, 1.165) is 5.70 Å². The van der Waals surface area contributed by atoms with Crippen molar-refractivity contribution in [2.75, 3.05) is 47.7 Å². The van der Waals surface area contributed by atoms with Gasteiger partial charge < -0.3 is 34.7 Å². The van der Waals surface area contributed by atoms with Crippen molar-refractivity contribution in [2.24, 2.45) is 11.1 Å². The number of nitrogens with two attached hydrogens (primary N) is 1. The van der Waals surface area contributed by atoms with Crippen molar-refractivity contribution in [1.82, 2.24) is 5.32 Å². The Morgan fingerprint density at radius 2 is 1.77 bits per heavy atom. The summed E-state index contributed by atoms with van der Waals surface area (Å²) in [6.07, 6.45) is 0.974. The lowest BCUT2D eigenvalue weighted by Gasteiger charge is -2.40. The molecule has 9 heteroatoms. The zero-order chi connectivity index (χ0) is 25.8. The minimum atomic E-state index is -0.777. The van der Waals surface area contributed by atoms with Crippen LogP contribution in [-0.2, 0) is 19.1 Å². The van der Waals surface area contributed by atoms with Crippen LogP contribution < -0.4 is 25.3 Å². The molecule has 0 fully saturated rings. The van der Waals surface area contributed by atoms with E-state index in [2.05, 4.69) is 19.2 Å². The summed E-state index contributed by atoms with van der Waals surface area (Å²) < 4.78 is 28.0. The number of esters is 1. The average Bonchev–Trinajstić information content (AvgIpc) is 2.81. The lowest BCUT2D eigenvalue weighted by molar-refractivity contribution is -0.139. The summed E-state index contributed by atoms with van der Waals surface area (Å²) in [6, 6.07) is 3.43. The molecule has 0 aromatic heterocycles. The molecule has 1 unspecified atom stereocenters. The molecule has 1 aliphatic heterocycles. The van der Waals surface area contributed by atoms with Gasteiger partial charge in [-0.05, 0) is 18.8 Å². The van der Waals surface area contributed by atoms with Gasteiger partial charge in [-0.1, -0.05) is 13.8 Å². The summed E-state index contributed by atoms with van der Waals surface area (Å²) in [4.78, 5) is 27.0. The lowest BCUT2D eigenvalue weighted by atomic mass is 9.68. The monoisotopic (exact) mass is 488 g/mol. The fourth-order valence-corrected chi connectivity index (χ4v) is 4.78. The van der Waals surface area contributed by atoms with Crippen LogP contribution in [0.2, 0.25) is 0 Å². The smallest absolute Gasteiger partial charge is 0.336 e. The Balaban J connectivity index is 2.34. The molecule has 1 aromatic rings. The van der Waals surface area contributed by atoms with Crippen LogP contribution in [0.3, 0.4) is 0 Å². The van der Waals surface area contributed by atoms with Crippen LogP contribution in [0.4, 0.5) is 0 Å². The van der Waals surface area contributed by atoms with Crippen LogP contribution in [-0.4, -0.2) is 59.4 Å². The molecule has 0 saturated heterocycles. The molecule has 2 aliphatic rings. The van der Waals surface area contributed by atoms with Crippen molar-refractivity contribution in [2.45, 2.75) is 39.5 Å². The van der Waals surface area contributed by atoms with Gasteiger partial charge in [0.15, 0.2) is 5.78 Å². The highest BCUT2D eigenvalue weighted by atomic mass is 16.5. The van der Waals surface area contributed by atoms with E-state index in [1.165, 1.54) is 14.2 Å². The highest BCUT2D eigenvalue weighted by Crippen LogP contribution is 2.52. The van der Waals surface area contributed by atoms with Crippen molar-refractivity contribution < 1.29 is 33.3 Å².